The highest BCUT2D eigenvalue weighted by atomic mass is 16.1. The summed E-state index contributed by atoms with van der Waals surface area (Å²) in [6, 6.07) is 8.49. The van der Waals surface area contributed by atoms with Crippen LogP contribution in [0, 0.1) is 5.92 Å². The third-order valence-electron chi connectivity index (χ3n) is 3.51. The first-order valence-electron chi connectivity index (χ1n) is 6.48. The van der Waals surface area contributed by atoms with Gasteiger partial charge in [0.25, 0.3) is 0 Å². The van der Waals surface area contributed by atoms with Crippen molar-refractivity contribution in [3.05, 3.63) is 29.8 Å². The van der Waals surface area contributed by atoms with Crippen molar-refractivity contribution in [2.45, 2.75) is 19.4 Å². The van der Waals surface area contributed by atoms with Crippen LogP contribution in [0.5, 0.6) is 0 Å². The maximum atomic E-state index is 11.3. The molecule has 1 atom stereocenters. The zero-order valence-electron chi connectivity index (χ0n) is 10.9. The van der Waals surface area contributed by atoms with Gasteiger partial charge in [0.1, 0.15) is 0 Å². The minimum absolute atomic E-state index is 0.00395. The van der Waals surface area contributed by atoms with Crippen molar-refractivity contribution >= 4 is 11.6 Å². The van der Waals surface area contributed by atoms with Crippen LogP contribution in [-0.2, 0) is 11.3 Å². The van der Waals surface area contributed by atoms with Crippen LogP contribution in [0.4, 0.5) is 5.69 Å². The van der Waals surface area contributed by atoms with Crippen molar-refractivity contribution in [2.24, 2.45) is 11.7 Å². The van der Waals surface area contributed by atoms with Crippen LogP contribution >= 0.6 is 0 Å². The summed E-state index contributed by atoms with van der Waals surface area (Å²) in [6.07, 6.45) is 1.95. The number of hydrogen-bond donors (Lipinski definition) is 2. The fraction of sp³-hybridized carbons (Fsp3) is 0.500. The lowest BCUT2D eigenvalue weighted by Gasteiger charge is -2.33. The number of carbonyl (C=O) groups excluding carboxylic acids is 1. The molecule has 1 aliphatic rings. The highest BCUT2D eigenvalue weighted by molar-refractivity contribution is 5.77. The number of nitrogens with one attached hydrogen (secondary N) is 1. The quantitative estimate of drug-likeness (QED) is 0.838. The molecule has 1 unspecified atom stereocenters. The molecular weight excluding hydrogens is 226 g/mol. The van der Waals surface area contributed by atoms with Gasteiger partial charge in [0.05, 0.1) is 5.92 Å². The van der Waals surface area contributed by atoms with Crippen LogP contribution in [0.1, 0.15) is 18.4 Å². The molecule has 2 rings (SSSR count). The Kier molecular flexibility index (Phi) is 4.20. The van der Waals surface area contributed by atoms with Crippen LogP contribution in [0.25, 0.3) is 0 Å². The molecule has 98 valence electrons. The van der Waals surface area contributed by atoms with E-state index in [1.807, 2.05) is 7.05 Å². The van der Waals surface area contributed by atoms with E-state index in [1.54, 1.807) is 0 Å². The van der Waals surface area contributed by atoms with E-state index in [0.29, 0.717) is 0 Å². The summed E-state index contributed by atoms with van der Waals surface area (Å²) >= 11 is 0. The Balaban J connectivity index is 2.04. The number of primary amides is 1. The summed E-state index contributed by atoms with van der Waals surface area (Å²) in [6.45, 7) is 2.64. The number of anilines is 1. The smallest absolute Gasteiger partial charge is 0.222 e. The van der Waals surface area contributed by atoms with E-state index in [-0.39, 0.29) is 11.8 Å². The van der Waals surface area contributed by atoms with Gasteiger partial charge in [0.2, 0.25) is 5.91 Å². The van der Waals surface area contributed by atoms with Gasteiger partial charge in [0, 0.05) is 25.3 Å². The number of rotatable bonds is 4. The van der Waals surface area contributed by atoms with Gasteiger partial charge in [0.15, 0.2) is 0 Å². The monoisotopic (exact) mass is 247 g/mol. The summed E-state index contributed by atoms with van der Waals surface area (Å²) in [7, 11) is 1.94. The molecule has 1 heterocycles. The average molecular weight is 247 g/mol. The van der Waals surface area contributed by atoms with Crippen LogP contribution in [-0.4, -0.2) is 26.0 Å². The third kappa shape index (κ3) is 3.01. The Morgan fingerprint density at radius 2 is 2.17 bits per heavy atom. The van der Waals surface area contributed by atoms with E-state index in [4.69, 9.17) is 5.73 Å². The Morgan fingerprint density at radius 1 is 1.44 bits per heavy atom. The van der Waals surface area contributed by atoms with Gasteiger partial charge in [-0.15, -0.1) is 0 Å². The molecule has 18 heavy (non-hydrogen) atoms. The summed E-state index contributed by atoms with van der Waals surface area (Å²) in [5, 5.41) is 3.13. The molecule has 0 aliphatic carbocycles. The van der Waals surface area contributed by atoms with Gasteiger partial charge in [-0.3, -0.25) is 4.79 Å². The van der Waals surface area contributed by atoms with Crippen LogP contribution in [0.3, 0.4) is 0 Å². The predicted octanol–water partition coefficient (Wildman–Crippen LogP) is 1.11. The number of hydrogen-bond acceptors (Lipinski definition) is 3. The number of carbonyl (C=O) groups is 1. The molecule has 4 heteroatoms. The Hall–Kier alpha value is -1.55. The van der Waals surface area contributed by atoms with Gasteiger partial charge < -0.3 is 16.0 Å². The molecule has 0 radical (unpaired) electrons. The van der Waals surface area contributed by atoms with E-state index in [2.05, 4.69) is 34.5 Å². The first kappa shape index (κ1) is 12.9. The number of amides is 1. The molecule has 3 N–H and O–H groups in total. The largest absolute Gasteiger partial charge is 0.371 e. The lowest BCUT2D eigenvalue weighted by atomic mass is 9.97. The first-order valence-corrected chi connectivity index (χ1v) is 6.48. The highest BCUT2D eigenvalue weighted by Crippen LogP contribution is 2.23. The molecule has 1 aliphatic heterocycles. The average Bonchev–Trinajstić information content (AvgIpc) is 2.40. The molecule has 4 nitrogen and oxygen atoms in total. The van der Waals surface area contributed by atoms with Gasteiger partial charge in [-0.1, -0.05) is 12.1 Å². The van der Waals surface area contributed by atoms with Crippen molar-refractivity contribution in [3.8, 4) is 0 Å². The lowest BCUT2D eigenvalue weighted by Crippen LogP contribution is -2.41. The minimum atomic E-state index is -0.175. The second kappa shape index (κ2) is 5.87. The Bertz CT molecular complexity index is 402. The molecule has 1 fully saturated rings. The third-order valence-corrected chi connectivity index (χ3v) is 3.51. The lowest BCUT2D eigenvalue weighted by molar-refractivity contribution is -0.122. The Morgan fingerprint density at radius 3 is 2.78 bits per heavy atom. The fourth-order valence-corrected chi connectivity index (χ4v) is 2.47. The maximum absolute atomic E-state index is 11.3. The topological polar surface area (TPSA) is 58.4 Å². The predicted molar refractivity (Wildman–Crippen MR) is 73.3 cm³/mol. The number of benzene rings is 1. The van der Waals surface area contributed by atoms with Gasteiger partial charge >= 0.3 is 0 Å². The number of piperidine rings is 1. The summed E-state index contributed by atoms with van der Waals surface area (Å²) < 4.78 is 0. The molecule has 0 spiro atoms. The summed E-state index contributed by atoms with van der Waals surface area (Å²) in [5.74, 6) is -0.178. The highest BCUT2D eigenvalue weighted by Gasteiger charge is 2.23. The molecule has 0 bridgehead atoms. The van der Waals surface area contributed by atoms with E-state index in [9.17, 15) is 4.79 Å². The van der Waals surface area contributed by atoms with Crippen molar-refractivity contribution in [3.63, 3.8) is 0 Å². The van der Waals surface area contributed by atoms with E-state index in [0.717, 1.165) is 32.5 Å². The standard InChI is InChI=1S/C14H21N3O/c1-16-9-11-4-6-13(7-5-11)17-8-2-3-12(10-17)14(15)18/h4-7,12,16H,2-3,8-10H2,1H3,(H2,15,18). The van der Waals surface area contributed by atoms with Crippen LogP contribution < -0.4 is 16.0 Å². The number of nitrogens with two attached hydrogens (primary N) is 1. The van der Waals surface area contributed by atoms with E-state index < -0.39 is 0 Å². The molecule has 0 aromatic heterocycles. The molecule has 1 aromatic carbocycles. The normalized spacial score (nSPS) is 19.8. The Labute approximate surface area is 108 Å². The van der Waals surface area contributed by atoms with Crippen molar-refractivity contribution in [1.29, 1.82) is 0 Å². The van der Waals surface area contributed by atoms with E-state index in [1.165, 1.54) is 11.3 Å². The van der Waals surface area contributed by atoms with Crippen molar-refractivity contribution < 1.29 is 4.79 Å². The second-order valence-electron chi connectivity index (χ2n) is 4.88. The fourth-order valence-electron chi connectivity index (χ4n) is 2.47. The summed E-state index contributed by atoms with van der Waals surface area (Å²) in [5.41, 5.74) is 7.85. The van der Waals surface area contributed by atoms with Gasteiger partial charge in [-0.05, 0) is 37.6 Å². The van der Waals surface area contributed by atoms with Crippen LogP contribution in [0.15, 0.2) is 24.3 Å². The zero-order valence-corrected chi connectivity index (χ0v) is 10.9. The van der Waals surface area contributed by atoms with Crippen molar-refractivity contribution in [1.82, 2.24) is 5.32 Å². The first-order chi connectivity index (χ1) is 8.70. The van der Waals surface area contributed by atoms with Crippen LogP contribution in [0.2, 0.25) is 0 Å². The minimum Gasteiger partial charge on any atom is -0.371 e. The maximum Gasteiger partial charge on any atom is 0.222 e. The van der Waals surface area contributed by atoms with Gasteiger partial charge in [-0.25, -0.2) is 0 Å². The molecule has 1 saturated heterocycles. The van der Waals surface area contributed by atoms with Crippen molar-refractivity contribution in [2.75, 3.05) is 25.0 Å². The zero-order chi connectivity index (χ0) is 13.0. The van der Waals surface area contributed by atoms with E-state index >= 15 is 0 Å². The SMILES string of the molecule is CNCc1ccc(N2CCCC(C(N)=O)C2)cc1. The molecule has 1 amide bonds. The number of nitrogens with zero attached hydrogens (tertiary/aromatic N) is 1. The molecule has 1 aromatic rings. The molecule has 0 saturated carbocycles. The van der Waals surface area contributed by atoms with Gasteiger partial charge in [-0.2, -0.15) is 0 Å². The summed E-state index contributed by atoms with van der Waals surface area (Å²) in [4.78, 5) is 13.5. The molecular formula is C14H21N3O. The second-order valence-corrected chi connectivity index (χ2v) is 4.88.